The molecule has 0 spiro atoms. The number of unbranched alkanes of at least 4 members (excludes halogenated alkanes) is 7. The second-order valence-electron chi connectivity index (χ2n) is 7.80. The highest BCUT2D eigenvalue weighted by Gasteiger charge is 2.15. The third-order valence-electron chi connectivity index (χ3n) is 5.41. The van der Waals surface area contributed by atoms with E-state index in [1.807, 2.05) is 18.5 Å². The Bertz CT molecular complexity index is 565. The molecule has 1 aromatic rings. The van der Waals surface area contributed by atoms with E-state index in [1.54, 1.807) is 0 Å². The Morgan fingerprint density at radius 1 is 1.11 bits per heavy atom. The van der Waals surface area contributed by atoms with Crippen LogP contribution in [0.3, 0.4) is 0 Å². The van der Waals surface area contributed by atoms with Crippen molar-refractivity contribution in [3.8, 4) is 0 Å². The van der Waals surface area contributed by atoms with E-state index >= 15 is 0 Å². The van der Waals surface area contributed by atoms with Crippen molar-refractivity contribution in [3.63, 3.8) is 0 Å². The minimum Gasteiger partial charge on any atom is -0.376 e. The van der Waals surface area contributed by atoms with Gasteiger partial charge in [-0.1, -0.05) is 51.9 Å². The number of ether oxygens (including phenoxy) is 1. The lowest BCUT2D eigenvalue weighted by Gasteiger charge is -2.15. The fraction of sp³-hybridized carbons (Fsp3) is 0.857. The maximum absolute atomic E-state index is 5.71. The van der Waals surface area contributed by atoms with Crippen LogP contribution in [0.25, 0.3) is 0 Å². The predicted molar refractivity (Wildman–Crippen MR) is 114 cm³/mol. The van der Waals surface area contributed by atoms with Crippen LogP contribution in [0.5, 0.6) is 0 Å². The van der Waals surface area contributed by atoms with Gasteiger partial charge in [-0.2, -0.15) is 0 Å². The van der Waals surface area contributed by atoms with Crippen LogP contribution in [0, 0.1) is 6.92 Å². The second kappa shape index (κ2) is 13.5. The lowest BCUT2D eigenvalue weighted by Crippen LogP contribution is -2.41. The van der Waals surface area contributed by atoms with Crippen LogP contribution >= 0.6 is 0 Å². The third kappa shape index (κ3) is 8.59. The summed E-state index contributed by atoms with van der Waals surface area (Å²) in [5.74, 6) is 2.63. The zero-order chi connectivity index (χ0) is 20.0. The standard InChI is InChI=1S/C21H40N6O/c1-4-5-6-7-8-9-10-11-14-22-21(23-16-19-13-12-15-28-19)24-17-20-26-25-18(2)27(20)3/h19H,4-17H2,1-3H3,(H2,22,23,24). The Hall–Kier alpha value is -1.63. The molecule has 1 aliphatic rings. The summed E-state index contributed by atoms with van der Waals surface area (Å²) in [5, 5.41) is 15.2. The average molecular weight is 393 g/mol. The van der Waals surface area contributed by atoms with E-state index in [0.29, 0.717) is 12.6 Å². The molecule has 7 nitrogen and oxygen atoms in total. The topological polar surface area (TPSA) is 76.4 Å². The molecule has 1 unspecified atom stereocenters. The molecule has 0 aliphatic carbocycles. The summed E-state index contributed by atoms with van der Waals surface area (Å²) in [6.45, 7) is 7.38. The summed E-state index contributed by atoms with van der Waals surface area (Å²) >= 11 is 0. The molecule has 2 rings (SSSR count). The Kier molecular flexibility index (Phi) is 10.9. The molecule has 160 valence electrons. The zero-order valence-electron chi connectivity index (χ0n) is 18.2. The maximum Gasteiger partial charge on any atom is 0.191 e. The molecular formula is C21H40N6O. The molecule has 1 aliphatic heterocycles. The van der Waals surface area contributed by atoms with Crippen LogP contribution < -0.4 is 10.6 Å². The van der Waals surface area contributed by atoms with Gasteiger partial charge in [0.1, 0.15) is 12.4 Å². The molecular weight excluding hydrogens is 352 g/mol. The van der Waals surface area contributed by atoms with Gasteiger partial charge in [-0.3, -0.25) is 0 Å². The smallest absolute Gasteiger partial charge is 0.191 e. The number of guanidine groups is 1. The summed E-state index contributed by atoms with van der Waals surface area (Å²) in [5.41, 5.74) is 0. The van der Waals surface area contributed by atoms with Crippen LogP contribution in [-0.4, -0.2) is 46.5 Å². The predicted octanol–water partition coefficient (Wildman–Crippen LogP) is 3.48. The van der Waals surface area contributed by atoms with Gasteiger partial charge in [-0.25, -0.2) is 4.99 Å². The molecule has 7 heteroatoms. The molecule has 1 fully saturated rings. The fourth-order valence-electron chi connectivity index (χ4n) is 3.39. The fourth-order valence-corrected chi connectivity index (χ4v) is 3.39. The lowest BCUT2D eigenvalue weighted by atomic mass is 10.1. The van der Waals surface area contributed by atoms with Gasteiger partial charge in [0.15, 0.2) is 11.8 Å². The number of nitrogens with one attached hydrogen (secondary N) is 2. The molecule has 1 saturated heterocycles. The van der Waals surface area contributed by atoms with E-state index < -0.39 is 0 Å². The molecule has 1 atom stereocenters. The van der Waals surface area contributed by atoms with Gasteiger partial charge in [0.2, 0.25) is 0 Å². The first-order valence-electron chi connectivity index (χ1n) is 11.2. The first-order chi connectivity index (χ1) is 13.7. The van der Waals surface area contributed by atoms with Crippen LogP contribution in [0.1, 0.15) is 82.8 Å². The van der Waals surface area contributed by atoms with Gasteiger partial charge >= 0.3 is 0 Å². The Balaban J connectivity index is 1.70. The van der Waals surface area contributed by atoms with Gasteiger partial charge in [-0.05, 0) is 26.2 Å². The highest BCUT2D eigenvalue weighted by atomic mass is 16.5. The largest absolute Gasteiger partial charge is 0.376 e. The summed E-state index contributed by atoms with van der Waals surface area (Å²) in [7, 11) is 1.98. The SMILES string of the molecule is CCCCCCCCCCNC(=NCc1nnc(C)n1C)NCC1CCCO1. The minimum absolute atomic E-state index is 0.298. The van der Waals surface area contributed by atoms with Crippen LogP contribution in [0.2, 0.25) is 0 Å². The quantitative estimate of drug-likeness (QED) is 0.305. The number of hydrogen-bond acceptors (Lipinski definition) is 4. The summed E-state index contributed by atoms with van der Waals surface area (Å²) in [6.07, 6.45) is 13.2. The zero-order valence-corrected chi connectivity index (χ0v) is 18.2. The molecule has 0 aromatic carbocycles. The van der Waals surface area contributed by atoms with Gasteiger partial charge in [0.05, 0.1) is 6.10 Å². The van der Waals surface area contributed by atoms with Crippen molar-refractivity contribution in [1.82, 2.24) is 25.4 Å². The molecule has 0 bridgehead atoms. The normalized spacial score (nSPS) is 17.2. The van der Waals surface area contributed by atoms with Gasteiger partial charge in [0.25, 0.3) is 0 Å². The van der Waals surface area contributed by atoms with Gasteiger partial charge < -0.3 is 19.9 Å². The molecule has 0 saturated carbocycles. The molecule has 0 radical (unpaired) electrons. The summed E-state index contributed by atoms with van der Waals surface area (Å²) < 4.78 is 7.70. The molecule has 2 heterocycles. The van der Waals surface area contributed by atoms with E-state index in [0.717, 1.165) is 50.1 Å². The number of nitrogens with zero attached hydrogens (tertiary/aromatic N) is 4. The second-order valence-corrected chi connectivity index (χ2v) is 7.80. The summed E-state index contributed by atoms with van der Waals surface area (Å²) in [6, 6.07) is 0. The monoisotopic (exact) mass is 392 g/mol. The lowest BCUT2D eigenvalue weighted by molar-refractivity contribution is 0.114. The van der Waals surface area contributed by atoms with Crippen molar-refractivity contribution >= 4 is 5.96 Å². The highest BCUT2D eigenvalue weighted by Crippen LogP contribution is 2.10. The number of hydrogen-bond donors (Lipinski definition) is 2. The van der Waals surface area contributed by atoms with E-state index in [-0.39, 0.29) is 0 Å². The number of aromatic nitrogens is 3. The maximum atomic E-state index is 5.71. The van der Waals surface area contributed by atoms with Crippen molar-refractivity contribution < 1.29 is 4.74 Å². The first-order valence-corrected chi connectivity index (χ1v) is 11.2. The Morgan fingerprint density at radius 2 is 1.86 bits per heavy atom. The van der Waals surface area contributed by atoms with Crippen molar-refractivity contribution in [1.29, 1.82) is 0 Å². The average Bonchev–Trinajstić information content (AvgIpc) is 3.33. The van der Waals surface area contributed by atoms with Crippen LogP contribution in [0.4, 0.5) is 0 Å². The number of aliphatic imine (C=N–C) groups is 1. The molecule has 2 N–H and O–H groups in total. The number of aryl methyl sites for hydroxylation is 1. The molecule has 1 aromatic heterocycles. The third-order valence-corrected chi connectivity index (χ3v) is 5.41. The molecule has 28 heavy (non-hydrogen) atoms. The Labute approximate surface area is 170 Å². The summed E-state index contributed by atoms with van der Waals surface area (Å²) in [4.78, 5) is 4.71. The highest BCUT2D eigenvalue weighted by molar-refractivity contribution is 5.79. The van der Waals surface area contributed by atoms with E-state index in [9.17, 15) is 0 Å². The van der Waals surface area contributed by atoms with Crippen molar-refractivity contribution in [3.05, 3.63) is 11.6 Å². The van der Waals surface area contributed by atoms with E-state index in [2.05, 4.69) is 27.8 Å². The van der Waals surface area contributed by atoms with Gasteiger partial charge in [-0.15, -0.1) is 10.2 Å². The van der Waals surface area contributed by atoms with Crippen molar-refractivity contribution in [2.45, 2.75) is 90.7 Å². The Morgan fingerprint density at radius 3 is 2.50 bits per heavy atom. The van der Waals surface area contributed by atoms with Gasteiger partial charge in [0, 0.05) is 26.7 Å². The van der Waals surface area contributed by atoms with E-state index in [4.69, 9.17) is 9.73 Å². The van der Waals surface area contributed by atoms with Crippen LogP contribution in [0.15, 0.2) is 4.99 Å². The number of rotatable bonds is 13. The first kappa shape index (κ1) is 22.7. The van der Waals surface area contributed by atoms with Crippen molar-refractivity contribution in [2.24, 2.45) is 12.0 Å². The molecule has 0 amide bonds. The minimum atomic E-state index is 0.298. The van der Waals surface area contributed by atoms with E-state index in [1.165, 1.54) is 51.4 Å². The van der Waals surface area contributed by atoms with Crippen molar-refractivity contribution in [2.75, 3.05) is 19.7 Å². The van der Waals surface area contributed by atoms with Crippen LogP contribution in [-0.2, 0) is 18.3 Å².